The van der Waals surface area contributed by atoms with Gasteiger partial charge in [-0.15, -0.1) is 0 Å². The van der Waals surface area contributed by atoms with Gasteiger partial charge in [0, 0.05) is 31.7 Å². The lowest BCUT2D eigenvalue weighted by Gasteiger charge is -2.36. The number of amides is 1. The molecular weight excluding hydrogens is 266 g/mol. The minimum Gasteiger partial charge on any atom is -0.337 e. The number of nitrogens with zero attached hydrogens (tertiary/aromatic N) is 2. The zero-order valence-corrected chi connectivity index (χ0v) is 12.2. The number of nitrogens with two attached hydrogens (primary N) is 1. The Labute approximate surface area is 114 Å². The molecule has 2 rings (SSSR count). The number of sulfone groups is 1. The summed E-state index contributed by atoms with van der Waals surface area (Å²) >= 11 is 0. The molecule has 0 spiro atoms. The van der Waals surface area contributed by atoms with Crippen molar-refractivity contribution in [1.29, 1.82) is 0 Å². The average molecular weight is 289 g/mol. The lowest BCUT2D eigenvalue weighted by molar-refractivity contribution is -0.134. The Bertz CT molecular complexity index is 430. The first-order valence-corrected chi connectivity index (χ1v) is 8.67. The van der Waals surface area contributed by atoms with Crippen molar-refractivity contribution in [2.75, 3.05) is 37.7 Å². The van der Waals surface area contributed by atoms with Gasteiger partial charge in [0.15, 0.2) is 9.84 Å². The van der Waals surface area contributed by atoms with Crippen LogP contribution in [0.5, 0.6) is 0 Å². The molecule has 2 aliphatic rings. The molecular formula is C12H23N3O3S. The molecule has 1 unspecified atom stereocenters. The van der Waals surface area contributed by atoms with Gasteiger partial charge in [0.2, 0.25) is 5.91 Å². The van der Waals surface area contributed by atoms with Crippen LogP contribution in [0.3, 0.4) is 0 Å². The standard InChI is InChI=1S/C12H23N3O3S/c1-10-9-19(17,18)7-6-15(10)12(16)8-14-4-2-11(13)3-5-14/h10-11H,2-9,13H2,1H3. The van der Waals surface area contributed by atoms with Crippen molar-refractivity contribution in [3.05, 3.63) is 0 Å². The molecule has 2 aliphatic heterocycles. The third-order valence-electron chi connectivity index (χ3n) is 3.98. The van der Waals surface area contributed by atoms with E-state index in [2.05, 4.69) is 4.90 Å². The molecule has 2 N–H and O–H groups in total. The van der Waals surface area contributed by atoms with E-state index < -0.39 is 9.84 Å². The van der Waals surface area contributed by atoms with E-state index in [9.17, 15) is 13.2 Å². The van der Waals surface area contributed by atoms with Gasteiger partial charge >= 0.3 is 0 Å². The van der Waals surface area contributed by atoms with Gasteiger partial charge in [0.05, 0.1) is 18.1 Å². The van der Waals surface area contributed by atoms with Gasteiger partial charge in [0.25, 0.3) is 0 Å². The first kappa shape index (κ1) is 14.7. The Kier molecular flexibility index (Phi) is 4.47. The van der Waals surface area contributed by atoms with E-state index >= 15 is 0 Å². The van der Waals surface area contributed by atoms with E-state index in [1.165, 1.54) is 0 Å². The van der Waals surface area contributed by atoms with Gasteiger partial charge in [0.1, 0.15) is 0 Å². The van der Waals surface area contributed by atoms with Crippen LogP contribution in [0.2, 0.25) is 0 Å². The fourth-order valence-corrected chi connectivity index (χ4v) is 4.32. The van der Waals surface area contributed by atoms with Crippen molar-refractivity contribution in [3.8, 4) is 0 Å². The largest absolute Gasteiger partial charge is 0.337 e. The number of hydrogen-bond acceptors (Lipinski definition) is 5. The molecule has 0 aromatic carbocycles. The predicted octanol–water partition coefficient (Wildman–Crippen LogP) is -0.945. The maximum atomic E-state index is 12.2. The fourth-order valence-electron chi connectivity index (χ4n) is 2.76. The second-order valence-electron chi connectivity index (χ2n) is 5.66. The van der Waals surface area contributed by atoms with Crippen molar-refractivity contribution < 1.29 is 13.2 Å². The molecule has 0 radical (unpaired) electrons. The number of likely N-dealkylation sites (tertiary alicyclic amines) is 1. The van der Waals surface area contributed by atoms with Crippen molar-refractivity contribution in [3.63, 3.8) is 0 Å². The quantitative estimate of drug-likeness (QED) is 0.709. The summed E-state index contributed by atoms with van der Waals surface area (Å²) in [6.45, 7) is 4.23. The first-order chi connectivity index (χ1) is 8.87. The normalized spacial score (nSPS) is 29.4. The number of rotatable bonds is 2. The Balaban J connectivity index is 1.86. The Morgan fingerprint density at radius 3 is 2.47 bits per heavy atom. The smallest absolute Gasteiger partial charge is 0.237 e. The molecule has 0 aromatic rings. The highest BCUT2D eigenvalue weighted by molar-refractivity contribution is 7.91. The van der Waals surface area contributed by atoms with Crippen LogP contribution in [0.15, 0.2) is 0 Å². The van der Waals surface area contributed by atoms with Crippen LogP contribution in [-0.4, -0.2) is 73.9 Å². The molecule has 2 saturated heterocycles. The zero-order valence-electron chi connectivity index (χ0n) is 11.4. The summed E-state index contributed by atoms with van der Waals surface area (Å²) < 4.78 is 23.0. The summed E-state index contributed by atoms with van der Waals surface area (Å²) in [5, 5.41) is 0. The highest BCUT2D eigenvalue weighted by atomic mass is 32.2. The van der Waals surface area contributed by atoms with Gasteiger partial charge < -0.3 is 10.6 Å². The highest BCUT2D eigenvalue weighted by Gasteiger charge is 2.32. The fraction of sp³-hybridized carbons (Fsp3) is 0.917. The highest BCUT2D eigenvalue weighted by Crippen LogP contribution is 2.13. The van der Waals surface area contributed by atoms with Crippen LogP contribution in [-0.2, 0) is 14.6 Å². The van der Waals surface area contributed by atoms with Crippen molar-refractivity contribution in [2.24, 2.45) is 5.73 Å². The maximum Gasteiger partial charge on any atom is 0.237 e. The summed E-state index contributed by atoms with van der Waals surface area (Å²) in [6.07, 6.45) is 1.86. The summed E-state index contributed by atoms with van der Waals surface area (Å²) in [5.74, 6) is 0.218. The van der Waals surface area contributed by atoms with Crippen LogP contribution in [0.25, 0.3) is 0 Å². The molecule has 0 bridgehead atoms. The monoisotopic (exact) mass is 289 g/mol. The van der Waals surface area contributed by atoms with Gasteiger partial charge in [-0.3, -0.25) is 9.69 Å². The van der Waals surface area contributed by atoms with Gasteiger partial charge in [-0.1, -0.05) is 0 Å². The van der Waals surface area contributed by atoms with E-state index in [1.807, 2.05) is 0 Å². The molecule has 0 saturated carbocycles. The molecule has 1 amide bonds. The molecule has 1 atom stereocenters. The molecule has 6 nitrogen and oxygen atoms in total. The number of carbonyl (C=O) groups is 1. The van der Waals surface area contributed by atoms with Gasteiger partial charge in [-0.05, 0) is 19.8 Å². The molecule has 0 aromatic heterocycles. The van der Waals surface area contributed by atoms with E-state index in [1.54, 1.807) is 11.8 Å². The summed E-state index contributed by atoms with van der Waals surface area (Å²) in [6, 6.07) is 0.0451. The van der Waals surface area contributed by atoms with Crippen LogP contribution >= 0.6 is 0 Å². The van der Waals surface area contributed by atoms with E-state index in [0.717, 1.165) is 25.9 Å². The van der Waals surface area contributed by atoms with Gasteiger partial charge in [-0.25, -0.2) is 8.42 Å². The third kappa shape index (κ3) is 3.90. The third-order valence-corrected chi connectivity index (χ3v) is 5.78. The lowest BCUT2D eigenvalue weighted by atomic mass is 10.1. The van der Waals surface area contributed by atoms with Crippen molar-refractivity contribution in [1.82, 2.24) is 9.80 Å². The number of piperidine rings is 1. The Hall–Kier alpha value is -0.660. The summed E-state index contributed by atoms with van der Waals surface area (Å²) in [7, 11) is -2.96. The van der Waals surface area contributed by atoms with Gasteiger partial charge in [-0.2, -0.15) is 0 Å². The Morgan fingerprint density at radius 1 is 1.26 bits per heavy atom. The lowest BCUT2D eigenvalue weighted by Crippen LogP contribution is -2.53. The first-order valence-electron chi connectivity index (χ1n) is 6.85. The van der Waals surface area contributed by atoms with E-state index in [-0.39, 0.29) is 29.5 Å². The predicted molar refractivity (Wildman–Crippen MR) is 73.5 cm³/mol. The molecule has 110 valence electrons. The van der Waals surface area contributed by atoms with E-state index in [0.29, 0.717) is 13.1 Å². The number of hydrogen-bond donors (Lipinski definition) is 1. The van der Waals surface area contributed by atoms with Crippen LogP contribution in [0, 0.1) is 0 Å². The average Bonchev–Trinajstić information content (AvgIpc) is 2.30. The van der Waals surface area contributed by atoms with Crippen molar-refractivity contribution >= 4 is 15.7 Å². The Morgan fingerprint density at radius 2 is 1.89 bits per heavy atom. The summed E-state index contributed by atoms with van der Waals surface area (Å²) in [5.41, 5.74) is 5.83. The molecule has 19 heavy (non-hydrogen) atoms. The van der Waals surface area contributed by atoms with Crippen molar-refractivity contribution in [2.45, 2.75) is 31.8 Å². The zero-order chi connectivity index (χ0) is 14.0. The molecule has 2 fully saturated rings. The molecule has 0 aliphatic carbocycles. The number of carbonyl (C=O) groups excluding carboxylic acids is 1. The molecule has 7 heteroatoms. The second kappa shape index (κ2) is 5.76. The SMILES string of the molecule is CC1CS(=O)(=O)CCN1C(=O)CN1CCC(N)CC1. The topological polar surface area (TPSA) is 83.7 Å². The second-order valence-corrected chi connectivity index (χ2v) is 7.89. The van der Waals surface area contributed by atoms with Crippen LogP contribution in [0.1, 0.15) is 19.8 Å². The van der Waals surface area contributed by atoms with Crippen LogP contribution < -0.4 is 5.73 Å². The minimum absolute atomic E-state index is 0.0397. The molecule has 2 heterocycles. The maximum absolute atomic E-state index is 12.2. The summed E-state index contributed by atoms with van der Waals surface area (Å²) in [4.78, 5) is 16.0. The van der Waals surface area contributed by atoms with E-state index in [4.69, 9.17) is 5.73 Å². The van der Waals surface area contributed by atoms with Crippen LogP contribution in [0.4, 0.5) is 0 Å². The minimum atomic E-state index is -2.96.